The van der Waals surface area contributed by atoms with Crippen molar-refractivity contribution in [1.82, 2.24) is 39.2 Å². The van der Waals surface area contributed by atoms with Crippen molar-refractivity contribution in [3.63, 3.8) is 0 Å². The summed E-state index contributed by atoms with van der Waals surface area (Å²) in [6.45, 7) is 72.3. The van der Waals surface area contributed by atoms with Crippen molar-refractivity contribution in [3.8, 4) is 0 Å². The quantitative estimate of drug-likeness (QED) is 0.0236. The van der Waals surface area contributed by atoms with Crippen LogP contribution in [0.2, 0.25) is 0 Å². The minimum Gasteiger partial charge on any atom is -0.469 e. The highest BCUT2D eigenvalue weighted by Crippen LogP contribution is 2.14. The molecule has 0 aliphatic heterocycles. The van der Waals surface area contributed by atoms with Crippen molar-refractivity contribution in [2.45, 2.75) is 253 Å². The molecule has 32 heteroatoms. The second kappa shape index (κ2) is 93.1. The zero-order chi connectivity index (χ0) is 98.9. The normalized spacial score (nSPS) is 9.96. The highest BCUT2D eigenvalue weighted by atomic mass is 16.6. The predicted molar refractivity (Wildman–Crippen MR) is 499 cm³/mol. The summed E-state index contributed by atoms with van der Waals surface area (Å²) in [5, 5.41) is 0. The van der Waals surface area contributed by atoms with Gasteiger partial charge in [-0.25, -0.2) is 0 Å². The van der Waals surface area contributed by atoms with Crippen molar-refractivity contribution >= 4 is 95.0 Å². The highest BCUT2D eigenvalue weighted by Gasteiger charge is 2.19. The first-order valence-corrected chi connectivity index (χ1v) is 44.9. The molecule has 0 radical (unpaired) electrons. The molecule has 0 rings (SSSR count). The molecule has 0 fully saturated rings. The van der Waals surface area contributed by atoms with Crippen LogP contribution in [-0.4, -0.2) is 292 Å². The number of unbranched alkanes of at least 4 members (excludes halogenated alkanes) is 5. The maximum Gasteiger partial charge on any atom is 0.307 e. The lowest BCUT2D eigenvalue weighted by Gasteiger charge is -2.19. The van der Waals surface area contributed by atoms with E-state index in [1.54, 1.807) is 55.1 Å². The molecule has 0 spiro atoms. The highest BCUT2D eigenvalue weighted by molar-refractivity contribution is 5.91. The van der Waals surface area contributed by atoms with E-state index in [2.05, 4.69) is 78.1 Å². The Labute approximate surface area is 762 Å². The van der Waals surface area contributed by atoms with Crippen LogP contribution in [-0.2, 0) is 115 Å². The standard InChI is InChI=1S/C16H29NO3.C14H25NO3.2C12H21NO3.2C11H19NO3.C10H17NO3.C9H15NO3/c1-5-9-10-14(6-2)13-20-16(19)11-12-17(8-4)15(18)7-3;1-4-7-8-9-12-18-14(17)10-11-15(6-3)13(16)5-2;1-5-11(14)13(6-2)8-7-12(15)16-9-10(3)4;1-4-7-10-16-12(15)8-9-13(6-3)11(14)5-2;1-5-10(13)12(6-2)8-7-11(14)15-9(3)4;1-4-9-15-11(14)7-8-12(6-3)10(13)5-2;1-4-9(12)11(5-2)8-7-10(13)14-6-3;1-4-8(11)10(5-2)7-6-9(12)13-3/h7,14H,3,5-6,8-13H2,1-2,4H3;5H,2,4,6-12H2,1,3H3;5,10H,1,6-9H2,2-4H3;5H,2,4,6-10H2,1,3H3;5,9H,1,6-8H2,2-4H3;5H,2,4,6-9H2,1,3H3;4H,1,5-8H2,2-3H3;4H,1,5-7H2,2-3H3. The van der Waals surface area contributed by atoms with E-state index in [1.807, 2.05) is 83.1 Å². The van der Waals surface area contributed by atoms with Crippen LogP contribution in [0.25, 0.3) is 0 Å². The number of nitrogens with zero attached hydrogens (tertiary/aromatic N) is 8. The van der Waals surface area contributed by atoms with E-state index in [-0.39, 0.29) is 152 Å². The van der Waals surface area contributed by atoms with E-state index in [0.29, 0.717) is 156 Å². The molecule has 0 aromatic heterocycles. The minimum atomic E-state index is -0.310. The Balaban J connectivity index is -0.000000213. The van der Waals surface area contributed by atoms with Gasteiger partial charge in [0.1, 0.15) is 0 Å². The molecule has 0 aliphatic rings. The molecule has 127 heavy (non-hydrogen) atoms. The van der Waals surface area contributed by atoms with Gasteiger partial charge in [-0.15, -0.1) is 0 Å². The van der Waals surface area contributed by atoms with Gasteiger partial charge in [0.2, 0.25) is 47.3 Å². The molecule has 32 nitrogen and oxygen atoms in total. The summed E-state index contributed by atoms with van der Waals surface area (Å²) in [5.74, 6) is -2.52. The van der Waals surface area contributed by atoms with Crippen LogP contribution in [0.15, 0.2) is 101 Å². The first-order valence-electron chi connectivity index (χ1n) is 44.9. The van der Waals surface area contributed by atoms with Crippen LogP contribution in [0.5, 0.6) is 0 Å². The fourth-order valence-electron chi connectivity index (χ4n) is 9.88. The van der Waals surface area contributed by atoms with E-state index >= 15 is 0 Å². The SMILES string of the molecule is C=CC(=O)N(CC)CCC(=O)OC.C=CC(=O)N(CC)CCC(=O)OC(C)C.C=CC(=O)N(CC)CCC(=O)OCC.C=CC(=O)N(CC)CCC(=O)OCC(C)C.C=CC(=O)N(CC)CCC(=O)OCC(CC)CCCC.C=CC(=O)N(CC)CCC(=O)OCCC.C=CC(=O)N(CC)CCC(=O)OCCCC.C=CC(=O)N(CC)CCC(=O)OCCCCCC. The Bertz CT molecular complexity index is 3140. The summed E-state index contributed by atoms with van der Waals surface area (Å²) in [6.07, 6.45) is 23.4. The Morgan fingerprint density at radius 3 is 0.740 bits per heavy atom. The monoisotopic (exact) mass is 1800 g/mol. The van der Waals surface area contributed by atoms with Crippen molar-refractivity contribution in [2.75, 3.05) is 151 Å². The van der Waals surface area contributed by atoms with Crippen molar-refractivity contribution in [2.24, 2.45) is 11.8 Å². The van der Waals surface area contributed by atoms with E-state index in [4.69, 9.17) is 33.2 Å². The number of rotatable bonds is 60. The Kier molecular flexibility index (Phi) is 96.7. The summed E-state index contributed by atoms with van der Waals surface area (Å²) < 4.78 is 39.4. The molecule has 0 bridgehead atoms. The zero-order valence-corrected chi connectivity index (χ0v) is 81.4. The van der Waals surface area contributed by atoms with E-state index in [9.17, 15) is 76.7 Å². The number of hydrogen-bond donors (Lipinski definition) is 0. The van der Waals surface area contributed by atoms with Crippen molar-refractivity contribution in [1.29, 1.82) is 0 Å². The molecule has 1 atom stereocenters. The van der Waals surface area contributed by atoms with Gasteiger partial charge in [-0.1, -0.05) is 146 Å². The largest absolute Gasteiger partial charge is 0.469 e. The Morgan fingerprint density at radius 2 is 0.512 bits per heavy atom. The minimum absolute atomic E-state index is 0.109. The molecule has 1 unspecified atom stereocenters. The van der Waals surface area contributed by atoms with E-state index < -0.39 is 0 Å². The van der Waals surface area contributed by atoms with Crippen LogP contribution in [0.1, 0.15) is 247 Å². The second-order valence-electron chi connectivity index (χ2n) is 28.1. The predicted octanol–water partition coefficient (Wildman–Crippen LogP) is 13.4. The van der Waals surface area contributed by atoms with Crippen molar-refractivity contribution < 1.29 is 115 Å². The average Bonchev–Trinajstić information content (AvgIpc) is 0.990. The molecule has 0 aromatic carbocycles. The van der Waals surface area contributed by atoms with Crippen LogP contribution >= 0.6 is 0 Å². The van der Waals surface area contributed by atoms with Gasteiger partial charge in [0.25, 0.3) is 0 Å². The summed E-state index contributed by atoms with van der Waals surface area (Å²) in [6, 6.07) is 0. The second-order valence-corrected chi connectivity index (χ2v) is 28.1. The Morgan fingerprint density at radius 1 is 0.268 bits per heavy atom. The van der Waals surface area contributed by atoms with Crippen molar-refractivity contribution in [3.05, 3.63) is 101 Å². The lowest BCUT2D eigenvalue weighted by Crippen LogP contribution is -2.31. The average molecular weight is 1800 g/mol. The lowest BCUT2D eigenvalue weighted by atomic mass is 10.0. The molecule has 0 heterocycles. The van der Waals surface area contributed by atoms with Gasteiger partial charge in [-0.05, 0) is 162 Å². The van der Waals surface area contributed by atoms with Crippen LogP contribution in [0, 0.1) is 11.8 Å². The topological polar surface area (TPSA) is 373 Å². The summed E-state index contributed by atoms with van der Waals surface area (Å²) in [7, 11) is 1.33. The van der Waals surface area contributed by atoms with Gasteiger partial charge in [0.15, 0.2) is 0 Å². The van der Waals surface area contributed by atoms with Crippen LogP contribution in [0.3, 0.4) is 0 Å². The molecule has 0 saturated heterocycles. The zero-order valence-electron chi connectivity index (χ0n) is 81.4. The van der Waals surface area contributed by atoms with Gasteiger partial charge >= 0.3 is 47.8 Å². The number of hydrogen-bond acceptors (Lipinski definition) is 24. The summed E-state index contributed by atoms with van der Waals surface area (Å²) >= 11 is 0. The molecular formula is C95H166N8O24. The molecule has 0 aliphatic carbocycles. The van der Waals surface area contributed by atoms with Gasteiger partial charge in [0, 0.05) is 105 Å². The third-order valence-corrected chi connectivity index (χ3v) is 17.6. The first kappa shape index (κ1) is 132. The number of carbonyl (C=O) groups is 16. The molecule has 8 amide bonds. The number of methoxy groups -OCH3 is 1. The van der Waals surface area contributed by atoms with Crippen LogP contribution in [0.4, 0.5) is 0 Å². The van der Waals surface area contributed by atoms with Gasteiger partial charge in [0.05, 0.1) is 104 Å². The van der Waals surface area contributed by atoms with E-state index in [1.165, 1.54) is 86.3 Å². The molecular weight excluding hydrogens is 1640 g/mol. The Hall–Kier alpha value is -10.6. The van der Waals surface area contributed by atoms with Gasteiger partial charge in [-0.3, -0.25) is 76.7 Å². The third kappa shape index (κ3) is 82.2. The lowest BCUT2D eigenvalue weighted by molar-refractivity contribution is -0.148. The number of carbonyl (C=O) groups excluding carboxylic acids is 16. The molecule has 0 saturated carbocycles. The molecule has 0 aromatic rings. The maximum atomic E-state index is 11.7. The van der Waals surface area contributed by atoms with Gasteiger partial charge < -0.3 is 77.1 Å². The summed E-state index contributed by atoms with van der Waals surface area (Å²) in [4.78, 5) is 192. The fraction of sp³-hybridized carbons (Fsp3) is 0.663. The molecule has 0 N–H and O–H groups in total. The van der Waals surface area contributed by atoms with Gasteiger partial charge in [-0.2, -0.15) is 0 Å². The maximum absolute atomic E-state index is 11.7. The third-order valence-electron chi connectivity index (χ3n) is 17.6. The smallest absolute Gasteiger partial charge is 0.307 e. The summed E-state index contributed by atoms with van der Waals surface area (Å²) in [5.41, 5.74) is 0. The van der Waals surface area contributed by atoms with E-state index in [0.717, 1.165) is 44.9 Å². The number of amides is 8. The number of esters is 8. The van der Waals surface area contributed by atoms with Crippen LogP contribution < -0.4 is 0 Å². The number of ether oxygens (including phenoxy) is 8. The first-order chi connectivity index (χ1) is 60.3. The molecule has 730 valence electrons. The fourth-order valence-corrected chi connectivity index (χ4v) is 9.88. The number of likely N-dealkylation sites (N-methyl/N-ethyl adjacent to an activating group) is 8.